The molecule has 3 aromatic rings. The molecule has 0 spiro atoms. The third-order valence-corrected chi connectivity index (χ3v) is 7.75. The molecule has 1 saturated heterocycles. The summed E-state index contributed by atoms with van der Waals surface area (Å²) in [7, 11) is 0. The van der Waals surface area contributed by atoms with Crippen molar-refractivity contribution in [1.82, 2.24) is 19.9 Å². The van der Waals surface area contributed by atoms with Crippen LogP contribution in [-0.2, 0) is 11.2 Å². The summed E-state index contributed by atoms with van der Waals surface area (Å²) in [6.45, 7) is 4.89. The summed E-state index contributed by atoms with van der Waals surface area (Å²) < 4.78 is 8.23. The first-order valence-corrected chi connectivity index (χ1v) is 13.1. The van der Waals surface area contributed by atoms with Crippen LogP contribution >= 0.6 is 11.3 Å². The van der Waals surface area contributed by atoms with Crippen LogP contribution in [0.5, 0.6) is 0 Å². The minimum Gasteiger partial charge on any atom is -0.358 e. The quantitative estimate of drug-likeness (QED) is 0.492. The molecule has 6 nitrogen and oxygen atoms in total. The first kappa shape index (κ1) is 22.3. The lowest BCUT2D eigenvalue weighted by molar-refractivity contribution is 0.0565. The number of amides is 1. The standard InChI is InChI=1S/C26H32N4O2S/c1-3-19-14-18(11-12-27-19)26-29-22(16-33-26)23-15-21(17(2)30(23)24-10-7-13-32-24)25(31)28-20-8-5-4-6-9-20/h11-12,14-16,20,24H,3-10,13H2,1-2H3,(H,28,31). The zero-order chi connectivity index (χ0) is 22.8. The summed E-state index contributed by atoms with van der Waals surface area (Å²) in [4.78, 5) is 22.6. The molecule has 1 aliphatic heterocycles. The molecule has 1 saturated carbocycles. The minimum atomic E-state index is -0.0472. The number of carbonyl (C=O) groups is 1. The normalized spacial score (nSPS) is 19.2. The smallest absolute Gasteiger partial charge is 0.253 e. The predicted molar refractivity (Wildman–Crippen MR) is 131 cm³/mol. The van der Waals surface area contributed by atoms with Crippen molar-refractivity contribution in [3.05, 3.63) is 46.7 Å². The number of nitrogens with one attached hydrogen (secondary N) is 1. The zero-order valence-corrected chi connectivity index (χ0v) is 20.3. The van der Waals surface area contributed by atoms with E-state index in [2.05, 4.69) is 33.2 Å². The fraction of sp³-hybridized carbons (Fsp3) is 0.500. The lowest BCUT2D eigenvalue weighted by atomic mass is 9.95. The van der Waals surface area contributed by atoms with E-state index in [0.717, 1.165) is 77.6 Å². The molecule has 1 aliphatic carbocycles. The number of nitrogens with zero attached hydrogens (tertiary/aromatic N) is 3. The van der Waals surface area contributed by atoms with E-state index < -0.39 is 0 Å². The second-order valence-electron chi connectivity index (χ2n) is 9.10. The Morgan fingerprint density at radius 1 is 1.21 bits per heavy atom. The summed E-state index contributed by atoms with van der Waals surface area (Å²) >= 11 is 1.63. The second-order valence-corrected chi connectivity index (χ2v) is 9.96. The SMILES string of the molecule is CCc1cc(-c2nc(-c3cc(C(=O)NC4CCCCC4)c(C)n3C3CCCO3)cs2)ccn1. The molecule has 1 unspecified atom stereocenters. The average Bonchev–Trinajstić information content (AvgIpc) is 3.59. The van der Waals surface area contributed by atoms with Crippen molar-refractivity contribution in [1.29, 1.82) is 0 Å². The van der Waals surface area contributed by atoms with Gasteiger partial charge in [-0.3, -0.25) is 9.78 Å². The number of carbonyl (C=O) groups excluding carboxylic acids is 1. The second kappa shape index (κ2) is 9.77. The first-order chi connectivity index (χ1) is 16.1. The van der Waals surface area contributed by atoms with Gasteiger partial charge in [-0.05, 0) is 57.2 Å². The summed E-state index contributed by atoms with van der Waals surface area (Å²) in [5.74, 6) is 0.0228. The van der Waals surface area contributed by atoms with Gasteiger partial charge in [0.15, 0.2) is 0 Å². The number of ether oxygens (including phenoxy) is 1. The van der Waals surface area contributed by atoms with Crippen molar-refractivity contribution >= 4 is 17.2 Å². The Morgan fingerprint density at radius 3 is 2.82 bits per heavy atom. The van der Waals surface area contributed by atoms with E-state index in [-0.39, 0.29) is 18.2 Å². The van der Waals surface area contributed by atoms with Crippen molar-refractivity contribution < 1.29 is 9.53 Å². The number of aryl methyl sites for hydroxylation is 1. The van der Waals surface area contributed by atoms with Crippen molar-refractivity contribution in [3.8, 4) is 22.0 Å². The van der Waals surface area contributed by atoms with Gasteiger partial charge in [0.05, 0.1) is 17.0 Å². The van der Waals surface area contributed by atoms with E-state index >= 15 is 0 Å². The monoisotopic (exact) mass is 464 g/mol. The largest absolute Gasteiger partial charge is 0.358 e. The highest BCUT2D eigenvalue weighted by Gasteiger charge is 2.28. The van der Waals surface area contributed by atoms with E-state index in [1.807, 2.05) is 25.3 Å². The average molecular weight is 465 g/mol. The van der Waals surface area contributed by atoms with Gasteiger partial charge in [0.2, 0.25) is 0 Å². The number of aromatic nitrogens is 3. The lowest BCUT2D eigenvalue weighted by Crippen LogP contribution is -2.36. The Hall–Kier alpha value is -2.51. The highest BCUT2D eigenvalue weighted by molar-refractivity contribution is 7.13. The van der Waals surface area contributed by atoms with E-state index in [1.165, 1.54) is 19.3 Å². The maximum Gasteiger partial charge on any atom is 0.253 e. The van der Waals surface area contributed by atoms with Crippen LogP contribution in [0, 0.1) is 6.92 Å². The van der Waals surface area contributed by atoms with Crippen molar-refractivity contribution in [2.45, 2.75) is 77.5 Å². The van der Waals surface area contributed by atoms with E-state index in [1.54, 1.807) is 11.3 Å². The Balaban J connectivity index is 1.49. The highest BCUT2D eigenvalue weighted by Crippen LogP contribution is 2.36. The van der Waals surface area contributed by atoms with Crippen molar-refractivity contribution in [3.63, 3.8) is 0 Å². The Bertz CT molecular complexity index is 1120. The van der Waals surface area contributed by atoms with Gasteiger partial charge < -0.3 is 14.6 Å². The molecule has 1 N–H and O–H groups in total. The molecule has 1 atom stereocenters. The van der Waals surface area contributed by atoms with Crippen LogP contribution in [-0.4, -0.2) is 33.1 Å². The first-order valence-electron chi connectivity index (χ1n) is 12.2. The minimum absolute atomic E-state index is 0.0228. The summed E-state index contributed by atoms with van der Waals surface area (Å²) in [5, 5.41) is 6.34. The maximum absolute atomic E-state index is 13.3. The predicted octanol–water partition coefficient (Wildman–Crippen LogP) is 5.92. The van der Waals surface area contributed by atoms with Crippen LogP contribution in [0.2, 0.25) is 0 Å². The Kier molecular flexibility index (Phi) is 6.60. The number of thiazole rings is 1. The van der Waals surface area contributed by atoms with Crippen molar-refractivity contribution in [2.75, 3.05) is 6.61 Å². The molecule has 2 fully saturated rings. The fourth-order valence-corrected chi connectivity index (χ4v) is 5.83. The third kappa shape index (κ3) is 4.62. The van der Waals surface area contributed by atoms with Gasteiger partial charge in [-0.2, -0.15) is 0 Å². The molecule has 3 aromatic heterocycles. The molecule has 0 radical (unpaired) electrons. The van der Waals surface area contributed by atoms with Gasteiger partial charge in [0, 0.05) is 41.2 Å². The molecule has 2 aliphatic rings. The number of hydrogen-bond donors (Lipinski definition) is 1. The van der Waals surface area contributed by atoms with Crippen LogP contribution in [0.3, 0.4) is 0 Å². The van der Waals surface area contributed by atoms with E-state index in [0.29, 0.717) is 0 Å². The van der Waals surface area contributed by atoms with Gasteiger partial charge >= 0.3 is 0 Å². The molecule has 174 valence electrons. The van der Waals surface area contributed by atoms with Gasteiger partial charge in [0.25, 0.3) is 5.91 Å². The number of rotatable bonds is 6. The molecule has 1 amide bonds. The summed E-state index contributed by atoms with van der Waals surface area (Å²) in [6.07, 6.45) is 10.5. The molecular formula is C26H32N4O2S. The van der Waals surface area contributed by atoms with Gasteiger partial charge in [-0.15, -0.1) is 11.3 Å². The van der Waals surface area contributed by atoms with Gasteiger partial charge in [-0.25, -0.2) is 4.98 Å². The molecule has 33 heavy (non-hydrogen) atoms. The number of hydrogen-bond acceptors (Lipinski definition) is 5. The Labute approximate surface area is 199 Å². The Morgan fingerprint density at radius 2 is 2.06 bits per heavy atom. The highest BCUT2D eigenvalue weighted by atomic mass is 32.1. The van der Waals surface area contributed by atoms with E-state index in [9.17, 15) is 4.79 Å². The fourth-order valence-electron chi connectivity index (χ4n) is 5.02. The van der Waals surface area contributed by atoms with Gasteiger partial charge in [-0.1, -0.05) is 26.2 Å². The molecule has 5 rings (SSSR count). The molecule has 4 heterocycles. The van der Waals surface area contributed by atoms with Crippen LogP contribution in [0.4, 0.5) is 0 Å². The summed E-state index contributed by atoms with van der Waals surface area (Å²) in [5.41, 5.74) is 5.68. The van der Waals surface area contributed by atoms with E-state index in [4.69, 9.17) is 9.72 Å². The van der Waals surface area contributed by atoms with Gasteiger partial charge in [0.1, 0.15) is 11.2 Å². The summed E-state index contributed by atoms with van der Waals surface area (Å²) in [6, 6.07) is 6.41. The molecule has 0 aromatic carbocycles. The van der Waals surface area contributed by atoms with Crippen molar-refractivity contribution in [2.24, 2.45) is 0 Å². The third-order valence-electron chi connectivity index (χ3n) is 6.86. The van der Waals surface area contributed by atoms with Crippen LogP contribution in [0.25, 0.3) is 22.0 Å². The van der Waals surface area contributed by atoms with Crippen LogP contribution in [0.15, 0.2) is 29.8 Å². The number of pyridine rings is 1. The van der Waals surface area contributed by atoms with Crippen LogP contribution < -0.4 is 5.32 Å². The van der Waals surface area contributed by atoms with Crippen LogP contribution in [0.1, 0.15) is 79.8 Å². The topological polar surface area (TPSA) is 69.0 Å². The molecular weight excluding hydrogens is 432 g/mol. The maximum atomic E-state index is 13.3. The molecule has 0 bridgehead atoms. The molecule has 7 heteroatoms. The lowest BCUT2D eigenvalue weighted by Gasteiger charge is -2.23. The zero-order valence-electron chi connectivity index (χ0n) is 19.5.